The van der Waals surface area contributed by atoms with Gasteiger partial charge in [-0.1, -0.05) is 66.4 Å². The van der Waals surface area contributed by atoms with E-state index in [9.17, 15) is 4.79 Å². The Morgan fingerprint density at radius 3 is 2.68 bits per heavy atom. The van der Waals surface area contributed by atoms with Crippen LogP contribution in [0.2, 0.25) is 0 Å². The molecule has 0 radical (unpaired) electrons. The minimum atomic E-state index is 0.0776. The zero-order chi connectivity index (χ0) is 22.9. The SMILES string of the molecule is O=C(CSc1nnc(-c2ccccc2)n1Cc1ccc2c(c1)OCO2)N1CCc2ccccc21. The molecule has 0 spiro atoms. The molecule has 0 atom stereocenters. The van der Waals surface area contributed by atoms with Gasteiger partial charge in [0.1, 0.15) is 0 Å². The van der Waals surface area contributed by atoms with Gasteiger partial charge < -0.3 is 14.4 Å². The second-order valence-corrected chi connectivity index (χ2v) is 9.10. The van der Waals surface area contributed by atoms with Gasteiger partial charge in [-0.15, -0.1) is 10.2 Å². The summed E-state index contributed by atoms with van der Waals surface area (Å²) >= 11 is 1.42. The molecule has 7 nitrogen and oxygen atoms in total. The highest BCUT2D eigenvalue weighted by molar-refractivity contribution is 7.99. The number of para-hydroxylation sites is 1. The lowest BCUT2D eigenvalue weighted by atomic mass is 10.2. The summed E-state index contributed by atoms with van der Waals surface area (Å²) in [7, 11) is 0. The van der Waals surface area contributed by atoms with Gasteiger partial charge in [-0.2, -0.15) is 0 Å². The molecule has 3 heterocycles. The number of amides is 1. The summed E-state index contributed by atoms with van der Waals surface area (Å²) in [5.74, 6) is 2.63. The highest BCUT2D eigenvalue weighted by Crippen LogP contribution is 2.34. The summed E-state index contributed by atoms with van der Waals surface area (Å²) in [6.45, 7) is 1.51. The summed E-state index contributed by atoms with van der Waals surface area (Å²) < 4.78 is 13.1. The maximum atomic E-state index is 13.1. The summed E-state index contributed by atoms with van der Waals surface area (Å²) in [5.41, 5.74) is 4.25. The van der Waals surface area contributed by atoms with E-state index in [0.717, 1.165) is 47.1 Å². The number of benzene rings is 3. The number of hydrogen-bond donors (Lipinski definition) is 0. The third kappa shape index (κ3) is 3.90. The first kappa shape index (κ1) is 20.8. The first-order valence-electron chi connectivity index (χ1n) is 11.1. The van der Waals surface area contributed by atoms with Crippen LogP contribution in [0.1, 0.15) is 11.1 Å². The monoisotopic (exact) mass is 470 g/mol. The molecule has 0 bridgehead atoms. The first-order valence-corrected chi connectivity index (χ1v) is 12.1. The van der Waals surface area contributed by atoms with Gasteiger partial charge in [0.15, 0.2) is 22.5 Å². The zero-order valence-electron chi connectivity index (χ0n) is 18.4. The minimum absolute atomic E-state index is 0.0776. The second kappa shape index (κ2) is 8.87. The van der Waals surface area contributed by atoms with E-state index in [4.69, 9.17) is 9.47 Å². The smallest absolute Gasteiger partial charge is 0.237 e. The van der Waals surface area contributed by atoms with Crippen molar-refractivity contribution in [2.45, 2.75) is 18.1 Å². The van der Waals surface area contributed by atoms with E-state index in [1.54, 1.807) is 0 Å². The molecule has 0 N–H and O–H groups in total. The summed E-state index contributed by atoms with van der Waals surface area (Å²) in [4.78, 5) is 14.9. The Morgan fingerprint density at radius 1 is 0.941 bits per heavy atom. The Bertz CT molecular complexity index is 1360. The average molecular weight is 471 g/mol. The van der Waals surface area contributed by atoms with Gasteiger partial charge in [0, 0.05) is 17.8 Å². The van der Waals surface area contributed by atoms with Crippen LogP contribution in [0.4, 0.5) is 5.69 Å². The van der Waals surface area contributed by atoms with E-state index in [0.29, 0.717) is 17.5 Å². The normalized spacial score (nSPS) is 13.8. The molecule has 1 aromatic heterocycles. The molecule has 34 heavy (non-hydrogen) atoms. The van der Waals surface area contributed by atoms with Crippen molar-refractivity contribution in [3.63, 3.8) is 0 Å². The highest BCUT2D eigenvalue weighted by Gasteiger charge is 2.25. The van der Waals surface area contributed by atoms with E-state index in [1.807, 2.05) is 71.6 Å². The lowest BCUT2D eigenvalue weighted by Gasteiger charge is -2.17. The zero-order valence-corrected chi connectivity index (χ0v) is 19.2. The van der Waals surface area contributed by atoms with Crippen LogP contribution in [0, 0.1) is 0 Å². The maximum absolute atomic E-state index is 13.1. The molecule has 0 aliphatic carbocycles. The van der Waals surface area contributed by atoms with Gasteiger partial charge in [-0.25, -0.2) is 0 Å². The van der Waals surface area contributed by atoms with Gasteiger partial charge in [-0.3, -0.25) is 9.36 Å². The Hall–Kier alpha value is -3.78. The van der Waals surface area contributed by atoms with Gasteiger partial charge in [0.25, 0.3) is 0 Å². The van der Waals surface area contributed by atoms with Crippen LogP contribution in [0.3, 0.4) is 0 Å². The second-order valence-electron chi connectivity index (χ2n) is 8.16. The molecule has 8 heteroatoms. The van der Waals surface area contributed by atoms with Gasteiger partial charge >= 0.3 is 0 Å². The van der Waals surface area contributed by atoms with Crippen LogP contribution in [0.15, 0.2) is 78.0 Å². The first-order chi connectivity index (χ1) is 16.8. The van der Waals surface area contributed by atoms with E-state index in [2.05, 4.69) is 20.8 Å². The molecule has 3 aromatic carbocycles. The van der Waals surface area contributed by atoms with Crippen molar-refractivity contribution in [1.29, 1.82) is 0 Å². The van der Waals surface area contributed by atoms with Gasteiger partial charge in [0.05, 0.1) is 12.3 Å². The molecular weight excluding hydrogens is 448 g/mol. The van der Waals surface area contributed by atoms with Crippen LogP contribution in [0.25, 0.3) is 11.4 Å². The van der Waals surface area contributed by atoms with Crippen molar-refractivity contribution in [2.24, 2.45) is 0 Å². The van der Waals surface area contributed by atoms with Crippen molar-refractivity contribution in [2.75, 3.05) is 24.0 Å². The maximum Gasteiger partial charge on any atom is 0.237 e. The minimum Gasteiger partial charge on any atom is -0.454 e. The Kier molecular flexibility index (Phi) is 5.43. The van der Waals surface area contributed by atoms with Crippen molar-refractivity contribution in [1.82, 2.24) is 14.8 Å². The van der Waals surface area contributed by atoms with Crippen molar-refractivity contribution in [3.8, 4) is 22.9 Å². The average Bonchev–Trinajstić information content (AvgIpc) is 3.61. The van der Waals surface area contributed by atoms with Crippen LogP contribution < -0.4 is 14.4 Å². The molecule has 6 rings (SSSR count). The van der Waals surface area contributed by atoms with Crippen LogP contribution >= 0.6 is 11.8 Å². The number of carbonyl (C=O) groups excluding carboxylic acids is 1. The lowest BCUT2D eigenvalue weighted by Crippen LogP contribution is -2.30. The largest absolute Gasteiger partial charge is 0.454 e. The summed E-state index contributed by atoms with van der Waals surface area (Å²) in [6.07, 6.45) is 0.894. The number of anilines is 1. The molecule has 4 aromatic rings. The van der Waals surface area contributed by atoms with Crippen LogP contribution in [0.5, 0.6) is 11.5 Å². The Balaban J connectivity index is 1.26. The Morgan fingerprint density at radius 2 is 1.76 bits per heavy atom. The number of carbonyl (C=O) groups is 1. The highest BCUT2D eigenvalue weighted by atomic mass is 32.2. The van der Waals surface area contributed by atoms with Gasteiger partial charge in [0.2, 0.25) is 12.7 Å². The standard InChI is InChI=1S/C26H22N4O3S/c31-24(29-13-12-19-6-4-5-9-21(19)29)16-34-26-28-27-25(20-7-2-1-3-8-20)30(26)15-18-10-11-22-23(14-18)33-17-32-22/h1-11,14H,12-13,15-17H2. The molecule has 0 unspecified atom stereocenters. The fourth-order valence-electron chi connectivity index (χ4n) is 4.36. The summed E-state index contributed by atoms with van der Waals surface area (Å²) in [5, 5.41) is 9.64. The fourth-order valence-corrected chi connectivity index (χ4v) is 5.18. The number of nitrogens with zero attached hydrogens (tertiary/aromatic N) is 4. The van der Waals surface area contributed by atoms with E-state index in [-0.39, 0.29) is 12.7 Å². The number of ether oxygens (including phenoxy) is 2. The summed E-state index contributed by atoms with van der Waals surface area (Å²) in [6, 6.07) is 24.0. The molecular formula is C26H22N4O3S. The molecule has 0 fully saturated rings. The molecule has 170 valence electrons. The van der Waals surface area contributed by atoms with E-state index < -0.39 is 0 Å². The lowest BCUT2D eigenvalue weighted by molar-refractivity contribution is -0.116. The molecule has 2 aliphatic rings. The number of rotatable bonds is 6. The Labute approximate surface area is 201 Å². The third-order valence-corrected chi connectivity index (χ3v) is 6.99. The predicted octanol–water partition coefficient (Wildman–Crippen LogP) is 4.40. The molecule has 1 amide bonds. The number of thioether (sulfide) groups is 1. The van der Waals surface area contributed by atoms with E-state index >= 15 is 0 Å². The third-order valence-electron chi connectivity index (χ3n) is 6.04. The van der Waals surface area contributed by atoms with Crippen LogP contribution in [-0.4, -0.2) is 39.8 Å². The van der Waals surface area contributed by atoms with Gasteiger partial charge in [-0.05, 0) is 35.7 Å². The number of hydrogen-bond acceptors (Lipinski definition) is 6. The number of aromatic nitrogens is 3. The molecule has 0 saturated carbocycles. The topological polar surface area (TPSA) is 69.5 Å². The van der Waals surface area contributed by atoms with Crippen molar-refractivity contribution in [3.05, 3.63) is 83.9 Å². The predicted molar refractivity (Wildman–Crippen MR) is 130 cm³/mol. The van der Waals surface area contributed by atoms with E-state index in [1.165, 1.54) is 17.3 Å². The fraction of sp³-hybridized carbons (Fsp3) is 0.192. The van der Waals surface area contributed by atoms with Crippen LogP contribution in [-0.2, 0) is 17.8 Å². The number of fused-ring (bicyclic) bond motifs is 2. The molecule has 0 saturated heterocycles. The van der Waals surface area contributed by atoms with Crippen molar-refractivity contribution >= 4 is 23.4 Å². The molecule has 2 aliphatic heterocycles. The van der Waals surface area contributed by atoms with Crippen molar-refractivity contribution < 1.29 is 14.3 Å². The quantitative estimate of drug-likeness (QED) is 0.389.